The Morgan fingerprint density at radius 1 is 1.58 bits per heavy atom. The maximum absolute atomic E-state index is 13.2. The van der Waals surface area contributed by atoms with Crippen molar-refractivity contribution >= 4 is 5.97 Å². The third-order valence-electron chi connectivity index (χ3n) is 3.47. The first-order valence-electron chi connectivity index (χ1n) is 6.24. The Hall–Kier alpha value is -1.93. The molecule has 0 saturated carbocycles. The van der Waals surface area contributed by atoms with E-state index in [1.807, 2.05) is 11.0 Å². The van der Waals surface area contributed by atoms with E-state index in [1.54, 1.807) is 0 Å². The second-order valence-corrected chi connectivity index (χ2v) is 4.78. The maximum Gasteiger partial charge on any atom is 0.304 e. The molecule has 100 valence electrons. The summed E-state index contributed by atoms with van der Waals surface area (Å²) in [5.41, 5.74) is 1.07. The number of carboxylic acids is 1. The van der Waals surface area contributed by atoms with Gasteiger partial charge in [-0.25, -0.2) is 4.39 Å². The van der Waals surface area contributed by atoms with Gasteiger partial charge in [-0.1, -0.05) is 0 Å². The van der Waals surface area contributed by atoms with Crippen LogP contribution in [0.5, 0.6) is 0 Å². The molecule has 0 amide bonds. The lowest BCUT2D eigenvalue weighted by atomic mass is 10.1. The molecule has 2 rings (SSSR count). The van der Waals surface area contributed by atoms with Crippen LogP contribution in [0.4, 0.5) is 4.39 Å². The zero-order chi connectivity index (χ0) is 13.8. The fourth-order valence-corrected chi connectivity index (χ4v) is 2.56. The first kappa shape index (κ1) is 13.5. The second kappa shape index (κ2) is 5.81. The quantitative estimate of drug-likeness (QED) is 0.902. The van der Waals surface area contributed by atoms with Crippen molar-refractivity contribution in [2.45, 2.75) is 31.8 Å². The van der Waals surface area contributed by atoms with Gasteiger partial charge in [-0.3, -0.25) is 9.69 Å². The van der Waals surface area contributed by atoms with Gasteiger partial charge in [-0.05, 0) is 43.1 Å². The average molecular weight is 262 g/mol. The Kier molecular flexibility index (Phi) is 4.13. The summed E-state index contributed by atoms with van der Waals surface area (Å²) < 4.78 is 13.2. The van der Waals surface area contributed by atoms with E-state index in [0.29, 0.717) is 17.7 Å². The lowest BCUT2D eigenvalue weighted by Gasteiger charge is -2.23. The van der Waals surface area contributed by atoms with Crippen LogP contribution in [0.25, 0.3) is 0 Å². The second-order valence-electron chi connectivity index (χ2n) is 4.78. The number of nitrogens with zero attached hydrogens (tertiary/aromatic N) is 2. The van der Waals surface area contributed by atoms with E-state index in [-0.39, 0.29) is 18.3 Å². The van der Waals surface area contributed by atoms with Gasteiger partial charge in [0, 0.05) is 12.6 Å². The predicted octanol–water partition coefficient (Wildman–Crippen LogP) is 2.14. The first-order chi connectivity index (χ1) is 9.10. The van der Waals surface area contributed by atoms with Gasteiger partial charge in [0.25, 0.3) is 0 Å². The van der Waals surface area contributed by atoms with Gasteiger partial charge in [0.2, 0.25) is 0 Å². The number of nitriles is 1. The third-order valence-corrected chi connectivity index (χ3v) is 3.47. The van der Waals surface area contributed by atoms with E-state index in [0.717, 1.165) is 19.4 Å². The van der Waals surface area contributed by atoms with Gasteiger partial charge in [0.1, 0.15) is 5.82 Å². The van der Waals surface area contributed by atoms with E-state index in [4.69, 9.17) is 10.4 Å². The molecule has 19 heavy (non-hydrogen) atoms. The monoisotopic (exact) mass is 262 g/mol. The third kappa shape index (κ3) is 3.30. The summed E-state index contributed by atoms with van der Waals surface area (Å²) in [7, 11) is 0. The lowest BCUT2D eigenvalue weighted by Crippen LogP contribution is -2.31. The van der Waals surface area contributed by atoms with E-state index in [9.17, 15) is 9.18 Å². The number of aliphatic carboxylic acids is 1. The van der Waals surface area contributed by atoms with E-state index >= 15 is 0 Å². The van der Waals surface area contributed by atoms with Crippen LogP contribution in [0, 0.1) is 17.1 Å². The van der Waals surface area contributed by atoms with E-state index in [2.05, 4.69) is 0 Å². The molecule has 1 heterocycles. The molecule has 1 aromatic rings. The average Bonchev–Trinajstić information content (AvgIpc) is 2.76. The van der Waals surface area contributed by atoms with Crippen molar-refractivity contribution in [1.29, 1.82) is 5.26 Å². The number of rotatable bonds is 4. The van der Waals surface area contributed by atoms with E-state index < -0.39 is 5.97 Å². The molecule has 1 aromatic carbocycles. The van der Waals surface area contributed by atoms with Crippen molar-refractivity contribution in [3.63, 3.8) is 0 Å². The van der Waals surface area contributed by atoms with Crippen molar-refractivity contribution < 1.29 is 14.3 Å². The van der Waals surface area contributed by atoms with Crippen LogP contribution in [0.1, 0.15) is 30.4 Å². The summed E-state index contributed by atoms with van der Waals surface area (Å²) in [5.74, 6) is -1.19. The summed E-state index contributed by atoms with van der Waals surface area (Å²) in [6.07, 6.45) is 1.87. The van der Waals surface area contributed by atoms with Crippen molar-refractivity contribution in [3.05, 3.63) is 35.1 Å². The van der Waals surface area contributed by atoms with Crippen LogP contribution in [0.3, 0.4) is 0 Å². The van der Waals surface area contributed by atoms with Crippen molar-refractivity contribution in [2.75, 3.05) is 6.54 Å². The molecule has 1 atom stereocenters. The predicted molar refractivity (Wildman–Crippen MR) is 66.8 cm³/mol. The summed E-state index contributed by atoms with van der Waals surface area (Å²) in [6, 6.07) is 6.11. The molecule has 5 heteroatoms. The van der Waals surface area contributed by atoms with Crippen LogP contribution >= 0.6 is 0 Å². The van der Waals surface area contributed by atoms with Crippen LogP contribution in [-0.2, 0) is 11.3 Å². The SMILES string of the molecule is N#Cc1ccc(F)cc1CN1CCCC1CC(=O)O. The van der Waals surface area contributed by atoms with E-state index in [1.165, 1.54) is 18.2 Å². The molecule has 1 unspecified atom stereocenters. The summed E-state index contributed by atoms with van der Waals surface area (Å²) in [6.45, 7) is 1.22. The highest BCUT2D eigenvalue weighted by Crippen LogP contribution is 2.24. The number of likely N-dealkylation sites (tertiary alicyclic amines) is 1. The van der Waals surface area contributed by atoms with Crippen molar-refractivity contribution in [3.8, 4) is 6.07 Å². The molecule has 1 N–H and O–H groups in total. The molecule has 0 bridgehead atoms. The zero-order valence-corrected chi connectivity index (χ0v) is 10.5. The number of carboxylic acid groups (broad SMARTS) is 1. The minimum atomic E-state index is -0.823. The number of halogens is 1. The molecule has 0 radical (unpaired) electrons. The summed E-state index contributed by atoms with van der Waals surface area (Å²) in [4.78, 5) is 12.8. The largest absolute Gasteiger partial charge is 0.481 e. The smallest absolute Gasteiger partial charge is 0.304 e. The molecule has 1 aliphatic rings. The van der Waals surface area contributed by atoms with Crippen LogP contribution in [0.2, 0.25) is 0 Å². The van der Waals surface area contributed by atoms with Crippen LogP contribution in [-0.4, -0.2) is 28.6 Å². The van der Waals surface area contributed by atoms with Gasteiger partial charge in [-0.2, -0.15) is 5.26 Å². The highest BCUT2D eigenvalue weighted by atomic mass is 19.1. The van der Waals surface area contributed by atoms with Crippen LogP contribution < -0.4 is 0 Å². The number of hydrogen-bond donors (Lipinski definition) is 1. The molecule has 0 spiro atoms. The first-order valence-corrected chi connectivity index (χ1v) is 6.24. The van der Waals surface area contributed by atoms with Gasteiger partial charge in [0.15, 0.2) is 0 Å². The van der Waals surface area contributed by atoms with Gasteiger partial charge < -0.3 is 5.11 Å². The molecule has 1 aliphatic heterocycles. The minimum absolute atomic E-state index is 0.0210. The molecular weight excluding hydrogens is 247 g/mol. The molecule has 0 aromatic heterocycles. The Balaban J connectivity index is 2.14. The lowest BCUT2D eigenvalue weighted by molar-refractivity contribution is -0.138. The number of carbonyl (C=O) groups is 1. The minimum Gasteiger partial charge on any atom is -0.481 e. The fourth-order valence-electron chi connectivity index (χ4n) is 2.56. The molecular formula is C14H15FN2O2. The molecule has 1 fully saturated rings. The zero-order valence-electron chi connectivity index (χ0n) is 10.5. The number of benzene rings is 1. The fraction of sp³-hybridized carbons (Fsp3) is 0.429. The van der Waals surface area contributed by atoms with Crippen molar-refractivity contribution in [1.82, 2.24) is 4.90 Å². The molecule has 1 saturated heterocycles. The Morgan fingerprint density at radius 3 is 3.05 bits per heavy atom. The Morgan fingerprint density at radius 2 is 2.37 bits per heavy atom. The molecule has 4 nitrogen and oxygen atoms in total. The normalized spacial score (nSPS) is 19.3. The highest BCUT2D eigenvalue weighted by Gasteiger charge is 2.27. The topological polar surface area (TPSA) is 64.3 Å². The highest BCUT2D eigenvalue weighted by molar-refractivity contribution is 5.67. The maximum atomic E-state index is 13.2. The Bertz CT molecular complexity index is 525. The van der Waals surface area contributed by atoms with Gasteiger partial charge >= 0.3 is 5.97 Å². The van der Waals surface area contributed by atoms with Gasteiger partial charge in [0.05, 0.1) is 18.1 Å². The summed E-state index contributed by atoms with van der Waals surface area (Å²) in [5, 5.41) is 17.9. The van der Waals surface area contributed by atoms with Crippen molar-refractivity contribution in [2.24, 2.45) is 0 Å². The summed E-state index contributed by atoms with van der Waals surface area (Å²) >= 11 is 0. The Labute approximate surface area is 111 Å². The molecule has 0 aliphatic carbocycles. The van der Waals surface area contributed by atoms with Crippen LogP contribution in [0.15, 0.2) is 18.2 Å². The van der Waals surface area contributed by atoms with Gasteiger partial charge in [-0.15, -0.1) is 0 Å². The standard InChI is InChI=1S/C14H15FN2O2/c15-12-4-3-10(8-16)11(6-12)9-17-5-1-2-13(17)7-14(18)19/h3-4,6,13H,1-2,5,7,9H2,(H,18,19). The number of hydrogen-bond acceptors (Lipinski definition) is 3.